The number of fused-ring (bicyclic) bond motifs is 3. The van der Waals surface area contributed by atoms with Crippen molar-refractivity contribution in [1.82, 2.24) is 19.8 Å². The van der Waals surface area contributed by atoms with Crippen molar-refractivity contribution in [1.29, 1.82) is 0 Å². The summed E-state index contributed by atoms with van der Waals surface area (Å²) in [4.78, 5) is 7.19. The molecule has 4 nitrogen and oxygen atoms in total. The summed E-state index contributed by atoms with van der Waals surface area (Å²) in [5.41, 5.74) is 6.25. The fraction of sp³-hybridized carbons (Fsp3) is 0.370. The molecule has 0 saturated heterocycles. The van der Waals surface area contributed by atoms with E-state index >= 15 is 0 Å². The Labute approximate surface area is 198 Å². The van der Waals surface area contributed by atoms with Crippen molar-refractivity contribution in [3.05, 3.63) is 77.6 Å². The molecule has 0 spiro atoms. The molecule has 0 aliphatic carbocycles. The second kappa shape index (κ2) is 11.5. The molecule has 2 aromatic heterocycles. The third-order valence-electron chi connectivity index (χ3n) is 5.93. The molecule has 0 bridgehead atoms. The quantitative estimate of drug-likeness (QED) is 0.319. The lowest BCUT2D eigenvalue weighted by Gasteiger charge is -2.11. The first-order valence-corrected chi connectivity index (χ1v) is 11.4. The molecule has 0 radical (unpaired) electrons. The molecule has 0 aliphatic rings. The molecule has 0 atom stereocenters. The molecule has 4 aromatic rings. The third kappa shape index (κ3) is 5.69. The van der Waals surface area contributed by atoms with Crippen molar-refractivity contribution in [3.8, 4) is 0 Å². The van der Waals surface area contributed by atoms with Crippen LogP contribution in [0.4, 0.5) is 0 Å². The molecule has 1 N–H and O–H groups in total. The highest BCUT2D eigenvalue weighted by Crippen LogP contribution is 2.31. The Hall–Kier alpha value is -2.40. The standard InChI is InChI=1S/C27H34N4.ClH/c1-21-27-25(19-23(29-21)20-28-16-10-17-30(2)3)24-14-7-8-15-26(24)31(27)18-9-13-22-11-5-4-6-12-22;/h4-8,11-12,14-15,19,28H,9-10,13,16-18,20H2,1-3H3;1H. The van der Waals surface area contributed by atoms with Gasteiger partial charge in [0.25, 0.3) is 0 Å². The third-order valence-corrected chi connectivity index (χ3v) is 5.93. The highest BCUT2D eigenvalue weighted by molar-refractivity contribution is 6.08. The van der Waals surface area contributed by atoms with Crippen LogP contribution in [0, 0.1) is 6.92 Å². The van der Waals surface area contributed by atoms with E-state index in [2.05, 4.69) is 96.5 Å². The fourth-order valence-corrected chi connectivity index (χ4v) is 4.48. The van der Waals surface area contributed by atoms with Gasteiger partial charge in [0.15, 0.2) is 0 Å². The predicted octanol–water partition coefficient (Wildman–Crippen LogP) is 5.59. The lowest BCUT2D eigenvalue weighted by Crippen LogP contribution is -2.21. The summed E-state index contributed by atoms with van der Waals surface area (Å²) in [6.07, 6.45) is 3.36. The topological polar surface area (TPSA) is 33.1 Å². The Morgan fingerprint density at radius 2 is 1.69 bits per heavy atom. The van der Waals surface area contributed by atoms with Gasteiger partial charge in [0.1, 0.15) is 0 Å². The minimum atomic E-state index is 0. The number of hydrogen-bond donors (Lipinski definition) is 1. The van der Waals surface area contributed by atoms with Crippen LogP contribution in [0.25, 0.3) is 21.8 Å². The smallest absolute Gasteiger partial charge is 0.0707 e. The first kappa shape index (κ1) is 24.2. The van der Waals surface area contributed by atoms with Gasteiger partial charge in [-0.15, -0.1) is 12.4 Å². The van der Waals surface area contributed by atoms with Gasteiger partial charge < -0.3 is 14.8 Å². The van der Waals surface area contributed by atoms with E-state index in [4.69, 9.17) is 4.98 Å². The summed E-state index contributed by atoms with van der Waals surface area (Å²) in [5, 5.41) is 6.22. The van der Waals surface area contributed by atoms with E-state index in [0.29, 0.717) is 0 Å². The molecule has 32 heavy (non-hydrogen) atoms. The lowest BCUT2D eigenvalue weighted by molar-refractivity contribution is 0.394. The molecule has 0 saturated carbocycles. The minimum Gasteiger partial charge on any atom is -0.339 e. The van der Waals surface area contributed by atoms with Crippen LogP contribution in [0.2, 0.25) is 0 Å². The predicted molar refractivity (Wildman–Crippen MR) is 139 cm³/mol. The average molecular weight is 451 g/mol. The zero-order valence-electron chi connectivity index (χ0n) is 19.5. The molecule has 0 unspecified atom stereocenters. The van der Waals surface area contributed by atoms with E-state index in [0.717, 1.165) is 56.8 Å². The maximum absolute atomic E-state index is 4.96. The van der Waals surface area contributed by atoms with Crippen molar-refractivity contribution in [2.75, 3.05) is 27.2 Å². The first-order chi connectivity index (χ1) is 15.1. The van der Waals surface area contributed by atoms with Crippen LogP contribution in [0.5, 0.6) is 0 Å². The second-order valence-electron chi connectivity index (χ2n) is 8.69. The number of aromatic nitrogens is 2. The SMILES string of the molecule is Cc1nc(CNCCCN(C)C)cc2c3ccccc3n(CCCc3ccccc3)c12.Cl. The van der Waals surface area contributed by atoms with E-state index < -0.39 is 0 Å². The van der Waals surface area contributed by atoms with E-state index in [1.807, 2.05) is 0 Å². The van der Waals surface area contributed by atoms with Crippen LogP contribution in [0.15, 0.2) is 60.7 Å². The normalized spacial score (nSPS) is 11.4. The van der Waals surface area contributed by atoms with Crippen molar-refractivity contribution >= 4 is 34.2 Å². The number of rotatable bonds is 10. The van der Waals surface area contributed by atoms with Crippen molar-refractivity contribution in [2.45, 2.75) is 39.3 Å². The molecule has 5 heteroatoms. The number of nitrogens with zero attached hydrogens (tertiary/aromatic N) is 3. The van der Waals surface area contributed by atoms with E-state index in [1.165, 1.54) is 27.4 Å². The van der Waals surface area contributed by atoms with Crippen molar-refractivity contribution in [3.63, 3.8) is 0 Å². The number of para-hydroxylation sites is 1. The van der Waals surface area contributed by atoms with Crippen LogP contribution in [0.1, 0.15) is 29.8 Å². The van der Waals surface area contributed by atoms with E-state index in [9.17, 15) is 0 Å². The fourth-order valence-electron chi connectivity index (χ4n) is 4.48. The van der Waals surface area contributed by atoms with Crippen LogP contribution < -0.4 is 5.32 Å². The number of benzene rings is 2. The molecule has 170 valence electrons. The van der Waals surface area contributed by atoms with Crippen molar-refractivity contribution in [2.24, 2.45) is 0 Å². The van der Waals surface area contributed by atoms with E-state index in [-0.39, 0.29) is 12.4 Å². The molecular weight excluding hydrogens is 416 g/mol. The minimum absolute atomic E-state index is 0. The van der Waals surface area contributed by atoms with Gasteiger partial charge in [0, 0.05) is 29.4 Å². The zero-order valence-corrected chi connectivity index (χ0v) is 20.3. The van der Waals surface area contributed by atoms with Gasteiger partial charge in [-0.25, -0.2) is 0 Å². The first-order valence-electron chi connectivity index (χ1n) is 11.4. The van der Waals surface area contributed by atoms with Gasteiger partial charge in [0.2, 0.25) is 0 Å². The summed E-state index contributed by atoms with van der Waals surface area (Å²) in [6, 6.07) is 21.8. The summed E-state index contributed by atoms with van der Waals surface area (Å²) in [6.45, 7) is 6.10. The molecule has 2 heterocycles. The number of hydrogen-bond acceptors (Lipinski definition) is 3. The lowest BCUT2D eigenvalue weighted by atomic mass is 10.1. The van der Waals surface area contributed by atoms with Gasteiger partial charge in [-0.3, -0.25) is 4.98 Å². The molecular formula is C27H35ClN4. The summed E-state index contributed by atoms with van der Waals surface area (Å²) in [7, 11) is 4.24. The van der Waals surface area contributed by atoms with Gasteiger partial charge >= 0.3 is 0 Å². The number of pyridine rings is 1. The zero-order chi connectivity index (χ0) is 21.6. The van der Waals surface area contributed by atoms with Crippen LogP contribution in [-0.4, -0.2) is 41.6 Å². The largest absolute Gasteiger partial charge is 0.339 e. The summed E-state index contributed by atoms with van der Waals surface area (Å²) < 4.78 is 2.48. The van der Waals surface area contributed by atoms with Crippen LogP contribution in [0.3, 0.4) is 0 Å². The maximum atomic E-state index is 4.96. The number of halogens is 1. The molecule has 0 aliphatic heterocycles. The molecule has 0 amide bonds. The number of aryl methyl sites for hydroxylation is 3. The summed E-state index contributed by atoms with van der Waals surface area (Å²) >= 11 is 0. The van der Waals surface area contributed by atoms with Gasteiger partial charge in [0.05, 0.1) is 16.9 Å². The van der Waals surface area contributed by atoms with Gasteiger partial charge in [-0.1, -0.05) is 48.5 Å². The molecule has 4 rings (SSSR count). The van der Waals surface area contributed by atoms with Crippen LogP contribution >= 0.6 is 12.4 Å². The van der Waals surface area contributed by atoms with Gasteiger partial charge in [-0.05, 0) is 71.1 Å². The number of nitrogens with one attached hydrogen (secondary N) is 1. The van der Waals surface area contributed by atoms with E-state index in [1.54, 1.807) is 0 Å². The second-order valence-corrected chi connectivity index (χ2v) is 8.69. The Bertz CT molecular complexity index is 1130. The Morgan fingerprint density at radius 1 is 0.938 bits per heavy atom. The summed E-state index contributed by atoms with van der Waals surface area (Å²) in [5.74, 6) is 0. The molecule has 2 aromatic carbocycles. The highest BCUT2D eigenvalue weighted by Gasteiger charge is 2.14. The van der Waals surface area contributed by atoms with Crippen LogP contribution in [-0.2, 0) is 19.5 Å². The average Bonchev–Trinajstić information content (AvgIpc) is 3.08. The maximum Gasteiger partial charge on any atom is 0.0707 e. The Kier molecular flexibility index (Phi) is 8.68. The van der Waals surface area contributed by atoms with Gasteiger partial charge in [-0.2, -0.15) is 0 Å². The molecule has 0 fully saturated rings. The van der Waals surface area contributed by atoms with Crippen molar-refractivity contribution < 1.29 is 0 Å². The Morgan fingerprint density at radius 3 is 2.47 bits per heavy atom. The monoisotopic (exact) mass is 450 g/mol. The Balaban J connectivity index is 0.00000289. The highest BCUT2D eigenvalue weighted by atomic mass is 35.5.